The second-order valence-corrected chi connectivity index (χ2v) is 10.2. The first kappa shape index (κ1) is 28.4. The second-order valence-electron chi connectivity index (χ2n) is 10.2. The molecule has 0 saturated carbocycles. The molecule has 0 atom stereocenters. The molecular formula is C35H30NO8+. The zero-order valence-corrected chi connectivity index (χ0v) is 24.8. The number of methoxy groups -OCH3 is 3. The molecule has 9 nitrogen and oxygen atoms in total. The van der Waals surface area contributed by atoms with E-state index in [1.54, 1.807) is 0 Å². The monoisotopic (exact) mass is 592 g/mol. The van der Waals surface area contributed by atoms with Crippen molar-refractivity contribution >= 4 is 34.5 Å². The Morgan fingerprint density at radius 2 is 1.50 bits per heavy atom. The maximum absolute atomic E-state index is 13.8. The van der Waals surface area contributed by atoms with E-state index in [1.807, 2.05) is 79.7 Å². The highest BCUT2D eigenvalue weighted by Gasteiger charge is 2.35. The number of rotatable bonds is 8. The molecule has 0 bridgehead atoms. The molecule has 4 aromatic carbocycles. The van der Waals surface area contributed by atoms with Gasteiger partial charge in [-0.3, -0.25) is 0 Å². The molecule has 2 heterocycles. The zero-order valence-electron chi connectivity index (χ0n) is 24.8. The maximum Gasteiger partial charge on any atom is 0.403 e. The molecule has 0 unspecified atom stereocenters. The van der Waals surface area contributed by atoms with E-state index in [-0.39, 0.29) is 17.1 Å². The van der Waals surface area contributed by atoms with Gasteiger partial charge in [0.25, 0.3) is 0 Å². The molecular weight excluding hydrogens is 562 g/mol. The van der Waals surface area contributed by atoms with Gasteiger partial charge in [0, 0.05) is 31.4 Å². The summed E-state index contributed by atoms with van der Waals surface area (Å²) in [6.45, 7) is 0. The molecule has 1 aliphatic rings. The summed E-state index contributed by atoms with van der Waals surface area (Å²) in [4.78, 5) is 15.8. The van der Waals surface area contributed by atoms with E-state index in [4.69, 9.17) is 28.1 Å². The van der Waals surface area contributed by atoms with Crippen LogP contribution in [0.1, 0.15) is 21.5 Å². The molecule has 0 spiro atoms. The lowest BCUT2D eigenvalue weighted by molar-refractivity contribution is 0.0731. The van der Waals surface area contributed by atoms with Crippen molar-refractivity contribution in [1.82, 2.24) is 0 Å². The lowest BCUT2D eigenvalue weighted by atomic mass is 9.99. The molecule has 5 aromatic rings. The van der Waals surface area contributed by atoms with E-state index < -0.39 is 5.97 Å². The van der Waals surface area contributed by atoms with Gasteiger partial charge in [-0.25, -0.2) is 9.21 Å². The van der Waals surface area contributed by atoms with Gasteiger partial charge >= 0.3 is 17.3 Å². The number of carbonyl (C=O) groups excluding carboxylic acids is 1. The number of carbonyl (C=O) groups is 1. The summed E-state index contributed by atoms with van der Waals surface area (Å²) < 4.78 is 35.1. The van der Waals surface area contributed by atoms with Gasteiger partial charge in [0.1, 0.15) is 22.6 Å². The summed E-state index contributed by atoms with van der Waals surface area (Å²) in [6.07, 6.45) is 1.82. The van der Waals surface area contributed by atoms with Gasteiger partial charge in [0.2, 0.25) is 11.5 Å². The Bertz CT molecular complexity index is 1890. The fourth-order valence-electron chi connectivity index (χ4n) is 5.11. The van der Waals surface area contributed by atoms with E-state index in [1.165, 1.54) is 45.6 Å². The standard InChI is InChI=1S/C35H29NO8/c1-36(2)23-13-11-20(12-14-23)26-19-25-31-27(42-26)17-24(37)18-28(31)43-32(21-9-7-6-8-10-21)33(25)44-35(38)22-15-29(39-3)34(41-5)30(16-22)40-4/h6-19H,1-5H3/p+1. The van der Waals surface area contributed by atoms with Crippen LogP contribution in [0.15, 0.2) is 83.3 Å². The second kappa shape index (κ2) is 11.5. The molecule has 0 aliphatic carbocycles. The van der Waals surface area contributed by atoms with E-state index >= 15 is 0 Å². The van der Waals surface area contributed by atoms with Crippen molar-refractivity contribution in [3.05, 3.63) is 95.6 Å². The summed E-state index contributed by atoms with van der Waals surface area (Å²) in [6, 6.07) is 23.2. The number of anilines is 1. The topological polar surface area (TPSA) is 98.0 Å². The Hall–Kier alpha value is -5.70. The van der Waals surface area contributed by atoms with Crippen LogP contribution in [-0.4, -0.2) is 46.5 Å². The number of ether oxygens (including phenoxy) is 5. The molecule has 1 aliphatic heterocycles. The third kappa shape index (κ3) is 5.09. The van der Waals surface area contributed by atoms with Gasteiger partial charge < -0.3 is 33.7 Å². The first-order valence-corrected chi connectivity index (χ1v) is 13.7. The van der Waals surface area contributed by atoms with Crippen LogP contribution in [0.3, 0.4) is 0 Å². The first-order chi connectivity index (χ1) is 21.3. The number of hydrogen-bond donors (Lipinski definition) is 1. The largest absolute Gasteiger partial charge is 0.507 e. The summed E-state index contributed by atoms with van der Waals surface area (Å²) >= 11 is 0. The van der Waals surface area contributed by atoms with E-state index in [0.717, 1.165) is 11.3 Å². The van der Waals surface area contributed by atoms with Crippen LogP contribution in [0.5, 0.6) is 34.5 Å². The van der Waals surface area contributed by atoms with Crippen LogP contribution in [0.4, 0.5) is 5.69 Å². The van der Waals surface area contributed by atoms with Crippen LogP contribution in [-0.2, 0) is 0 Å². The van der Waals surface area contributed by atoms with Crippen LogP contribution in [0.2, 0.25) is 0 Å². The van der Waals surface area contributed by atoms with Gasteiger partial charge in [-0.05, 0) is 54.6 Å². The molecule has 44 heavy (non-hydrogen) atoms. The highest BCUT2D eigenvalue weighted by molar-refractivity contribution is 6.05. The normalized spacial score (nSPS) is 11.8. The predicted molar refractivity (Wildman–Crippen MR) is 168 cm³/mol. The smallest absolute Gasteiger partial charge is 0.403 e. The maximum atomic E-state index is 13.8. The summed E-state index contributed by atoms with van der Waals surface area (Å²) in [5, 5.41) is 11.1. The fraction of sp³-hybridized carbons (Fsp3) is 0.143. The number of esters is 1. The Labute approximate surface area is 254 Å². The molecule has 0 saturated heterocycles. The van der Waals surface area contributed by atoms with Crippen LogP contribution in [0.25, 0.3) is 34.1 Å². The highest BCUT2D eigenvalue weighted by Crippen LogP contribution is 2.48. The van der Waals surface area contributed by atoms with Crippen molar-refractivity contribution in [2.75, 3.05) is 40.3 Å². The number of benzene rings is 4. The average molecular weight is 593 g/mol. The van der Waals surface area contributed by atoms with Gasteiger partial charge in [0.05, 0.1) is 44.1 Å². The van der Waals surface area contributed by atoms with Crippen molar-refractivity contribution in [2.24, 2.45) is 0 Å². The highest BCUT2D eigenvalue weighted by atomic mass is 16.5. The third-order valence-electron chi connectivity index (χ3n) is 7.28. The van der Waals surface area contributed by atoms with Crippen molar-refractivity contribution in [3.8, 4) is 45.8 Å². The van der Waals surface area contributed by atoms with E-state index in [0.29, 0.717) is 56.6 Å². The number of hydrogen-bond acceptors (Lipinski definition) is 8. The van der Waals surface area contributed by atoms with Crippen LogP contribution < -0.4 is 28.6 Å². The molecule has 222 valence electrons. The Morgan fingerprint density at radius 3 is 2.11 bits per heavy atom. The number of phenols is 1. The summed E-state index contributed by atoms with van der Waals surface area (Å²) in [5.41, 5.74) is 3.57. The third-order valence-corrected chi connectivity index (χ3v) is 7.28. The predicted octanol–water partition coefficient (Wildman–Crippen LogP) is 7.29. The molecule has 0 amide bonds. The lowest BCUT2D eigenvalue weighted by Crippen LogP contribution is -2.12. The van der Waals surface area contributed by atoms with Gasteiger partial charge in [-0.2, -0.15) is 0 Å². The zero-order chi connectivity index (χ0) is 31.0. The Balaban J connectivity index is 1.57. The van der Waals surface area contributed by atoms with Crippen LogP contribution in [0, 0.1) is 0 Å². The Kier molecular flexibility index (Phi) is 7.45. The van der Waals surface area contributed by atoms with Crippen LogP contribution >= 0.6 is 0 Å². The minimum absolute atomic E-state index is 0.0346. The Morgan fingerprint density at radius 1 is 0.818 bits per heavy atom. The van der Waals surface area contributed by atoms with E-state index in [2.05, 4.69) is 0 Å². The van der Waals surface area contributed by atoms with Crippen molar-refractivity contribution < 1.29 is 38.0 Å². The number of nitrogens with zero attached hydrogens (tertiary/aromatic N) is 1. The molecule has 0 fully saturated rings. The summed E-state index contributed by atoms with van der Waals surface area (Å²) in [7, 11) is 8.37. The molecule has 0 radical (unpaired) electrons. The lowest BCUT2D eigenvalue weighted by Gasteiger charge is -2.20. The fourth-order valence-corrected chi connectivity index (χ4v) is 5.11. The van der Waals surface area contributed by atoms with Gasteiger partial charge in [-0.15, -0.1) is 0 Å². The summed E-state index contributed by atoms with van der Waals surface area (Å²) in [5.74, 6) is 1.59. The minimum atomic E-state index is -0.677. The molecule has 1 aromatic heterocycles. The molecule has 9 heteroatoms. The molecule has 1 N–H and O–H groups in total. The minimum Gasteiger partial charge on any atom is -0.507 e. The van der Waals surface area contributed by atoms with E-state index in [9.17, 15) is 9.90 Å². The van der Waals surface area contributed by atoms with Crippen molar-refractivity contribution in [3.63, 3.8) is 0 Å². The average Bonchev–Trinajstić information content (AvgIpc) is 3.04. The van der Waals surface area contributed by atoms with Crippen molar-refractivity contribution in [2.45, 2.75) is 0 Å². The van der Waals surface area contributed by atoms with Crippen molar-refractivity contribution in [1.29, 1.82) is 0 Å². The first-order valence-electron chi connectivity index (χ1n) is 13.7. The number of aromatic hydroxyl groups is 1. The SMILES string of the molecule is COc1cc(C(=O)Oc2c(-c3ccccc3)[o+]c3cc(O)cc4c3c2C=C(c2ccc(N(C)C)cc2)O4)cc(OC)c1OC. The molecule has 6 rings (SSSR count). The van der Waals surface area contributed by atoms with Gasteiger partial charge in [0.15, 0.2) is 11.5 Å². The number of phenolic OH excluding ortho intramolecular Hbond substituents is 1. The van der Waals surface area contributed by atoms with Gasteiger partial charge in [-0.1, -0.05) is 18.2 Å². The quantitative estimate of drug-likeness (QED) is 0.147.